The molecular weight excluding hydrogens is 601 g/mol. The molecule has 0 atom stereocenters. The standard InChI is InChI=1S/C44H26N4O/c1-3-13-27(14-4-1)40-33-19-7-10-20-35(33)45-44(46-40)48-37-26-25-32-30-18-9-12-22-38(30)49-43(32)39(37)34-24-23-31-29-17-8-11-21-36(29)47(41(31)42(34)48)28-15-5-2-6-16-28/h1-26H. The van der Waals surface area contributed by atoms with Gasteiger partial charge in [0.1, 0.15) is 11.2 Å². The summed E-state index contributed by atoms with van der Waals surface area (Å²) in [5.41, 5.74) is 9.95. The maximum atomic E-state index is 6.71. The van der Waals surface area contributed by atoms with Gasteiger partial charge in [0.25, 0.3) is 0 Å². The third-order valence-electron chi connectivity index (χ3n) is 9.92. The van der Waals surface area contributed by atoms with Crippen LogP contribution in [0, 0.1) is 0 Å². The minimum atomic E-state index is 0.616. The number of fused-ring (bicyclic) bond motifs is 12. The second-order valence-electron chi connectivity index (χ2n) is 12.6. The van der Waals surface area contributed by atoms with Crippen molar-refractivity contribution in [2.24, 2.45) is 0 Å². The van der Waals surface area contributed by atoms with Gasteiger partial charge in [-0.2, -0.15) is 0 Å². The topological polar surface area (TPSA) is 48.8 Å². The molecule has 0 saturated carbocycles. The van der Waals surface area contributed by atoms with Gasteiger partial charge in [0.05, 0.1) is 38.7 Å². The van der Waals surface area contributed by atoms with Crippen molar-refractivity contribution in [2.75, 3.05) is 0 Å². The molecule has 0 amide bonds. The zero-order valence-electron chi connectivity index (χ0n) is 26.2. The van der Waals surface area contributed by atoms with E-state index in [0.717, 1.165) is 82.6 Å². The Labute approximate surface area is 279 Å². The summed E-state index contributed by atoms with van der Waals surface area (Å²) in [5, 5.41) is 7.71. The van der Waals surface area contributed by atoms with Crippen LogP contribution in [0.15, 0.2) is 162 Å². The Morgan fingerprint density at radius 3 is 1.94 bits per heavy atom. The summed E-state index contributed by atoms with van der Waals surface area (Å²) in [7, 11) is 0. The highest BCUT2D eigenvalue weighted by molar-refractivity contribution is 6.29. The molecule has 11 rings (SSSR count). The normalized spacial score (nSPS) is 12.1. The van der Waals surface area contributed by atoms with Crippen LogP contribution >= 0.6 is 0 Å². The largest absolute Gasteiger partial charge is 0.455 e. The third kappa shape index (κ3) is 3.64. The Bertz CT molecular complexity index is 3100. The van der Waals surface area contributed by atoms with Crippen LogP contribution in [0.4, 0.5) is 0 Å². The molecule has 0 bridgehead atoms. The molecular formula is C44H26N4O. The van der Waals surface area contributed by atoms with E-state index in [9.17, 15) is 0 Å². The van der Waals surface area contributed by atoms with Crippen LogP contribution in [0.3, 0.4) is 0 Å². The Balaban J connectivity index is 1.40. The van der Waals surface area contributed by atoms with Crippen LogP contribution in [0.2, 0.25) is 0 Å². The van der Waals surface area contributed by atoms with Gasteiger partial charge in [0.15, 0.2) is 0 Å². The van der Waals surface area contributed by atoms with Gasteiger partial charge in [-0.1, -0.05) is 115 Å². The van der Waals surface area contributed by atoms with E-state index in [1.807, 2.05) is 24.3 Å². The molecule has 0 aliphatic heterocycles. The van der Waals surface area contributed by atoms with Gasteiger partial charge in [-0.25, -0.2) is 9.97 Å². The summed E-state index contributed by atoms with van der Waals surface area (Å²) in [6, 6.07) is 55.2. The molecule has 0 aliphatic rings. The van der Waals surface area contributed by atoms with Crippen molar-refractivity contribution in [1.82, 2.24) is 19.1 Å². The molecule has 0 spiro atoms. The van der Waals surface area contributed by atoms with E-state index < -0.39 is 0 Å². The summed E-state index contributed by atoms with van der Waals surface area (Å²) in [5.74, 6) is 0.616. The van der Waals surface area contributed by atoms with Crippen LogP contribution < -0.4 is 0 Å². The fourth-order valence-electron chi connectivity index (χ4n) is 7.85. The van der Waals surface area contributed by atoms with E-state index >= 15 is 0 Å². The minimum absolute atomic E-state index is 0.616. The average molecular weight is 627 g/mol. The molecule has 0 radical (unpaired) electrons. The number of hydrogen-bond acceptors (Lipinski definition) is 3. The summed E-state index contributed by atoms with van der Waals surface area (Å²) in [6.45, 7) is 0. The molecule has 228 valence electrons. The number of rotatable bonds is 3. The number of nitrogens with zero attached hydrogens (tertiary/aromatic N) is 4. The van der Waals surface area contributed by atoms with Gasteiger partial charge < -0.3 is 8.98 Å². The van der Waals surface area contributed by atoms with Gasteiger partial charge in [-0.05, 0) is 42.5 Å². The maximum absolute atomic E-state index is 6.71. The molecule has 5 nitrogen and oxygen atoms in total. The fourth-order valence-corrected chi connectivity index (χ4v) is 7.85. The second-order valence-corrected chi connectivity index (χ2v) is 12.6. The third-order valence-corrected chi connectivity index (χ3v) is 9.92. The van der Waals surface area contributed by atoms with Crippen molar-refractivity contribution in [3.63, 3.8) is 0 Å². The van der Waals surface area contributed by atoms with Crippen LogP contribution in [0.25, 0.3) is 99.3 Å². The van der Waals surface area contributed by atoms with Crippen LogP contribution in [0.1, 0.15) is 0 Å². The molecule has 4 heterocycles. The predicted molar refractivity (Wildman–Crippen MR) is 201 cm³/mol. The molecule has 11 aromatic rings. The SMILES string of the molecule is c1ccc(-c2nc(-n3c4ccc5c6ccccc6oc5c4c4ccc5c6ccccc6n(-c6ccccc6)c5c43)nc3ccccc23)cc1. The van der Waals surface area contributed by atoms with Crippen molar-refractivity contribution in [2.45, 2.75) is 0 Å². The number of aromatic nitrogens is 4. The Hall–Kier alpha value is -6.72. The van der Waals surface area contributed by atoms with Gasteiger partial charge in [0.2, 0.25) is 5.95 Å². The Kier molecular flexibility index (Phi) is 5.32. The van der Waals surface area contributed by atoms with Crippen LogP contribution in [0.5, 0.6) is 0 Å². The van der Waals surface area contributed by atoms with Crippen molar-refractivity contribution in [3.05, 3.63) is 158 Å². The van der Waals surface area contributed by atoms with Crippen molar-refractivity contribution >= 4 is 76.5 Å². The van der Waals surface area contributed by atoms with Crippen molar-refractivity contribution in [3.8, 4) is 22.9 Å². The average Bonchev–Trinajstić information content (AvgIpc) is 3.83. The monoisotopic (exact) mass is 626 g/mol. The van der Waals surface area contributed by atoms with E-state index in [4.69, 9.17) is 14.4 Å². The molecule has 5 heteroatoms. The number of para-hydroxylation sites is 4. The summed E-state index contributed by atoms with van der Waals surface area (Å²) in [6.07, 6.45) is 0. The van der Waals surface area contributed by atoms with Crippen LogP contribution in [-0.4, -0.2) is 19.1 Å². The van der Waals surface area contributed by atoms with Gasteiger partial charge >= 0.3 is 0 Å². The molecule has 0 N–H and O–H groups in total. The first-order valence-electron chi connectivity index (χ1n) is 16.5. The van der Waals surface area contributed by atoms with Crippen molar-refractivity contribution < 1.29 is 4.42 Å². The summed E-state index contributed by atoms with van der Waals surface area (Å²) in [4.78, 5) is 10.7. The first-order chi connectivity index (χ1) is 24.3. The Morgan fingerprint density at radius 2 is 1.08 bits per heavy atom. The lowest BCUT2D eigenvalue weighted by Gasteiger charge is -2.13. The molecule has 0 fully saturated rings. The minimum Gasteiger partial charge on any atom is -0.455 e. The number of hydrogen-bond donors (Lipinski definition) is 0. The zero-order valence-corrected chi connectivity index (χ0v) is 26.2. The van der Waals surface area contributed by atoms with Gasteiger partial charge in [0, 0.05) is 43.6 Å². The molecule has 0 aliphatic carbocycles. The maximum Gasteiger partial charge on any atom is 0.235 e. The molecule has 49 heavy (non-hydrogen) atoms. The predicted octanol–water partition coefficient (Wildman–Crippen LogP) is 11.4. The van der Waals surface area contributed by atoms with Crippen LogP contribution in [-0.2, 0) is 0 Å². The lowest BCUT2D eigenvalue weighted by molar-refractivity contribution is 0.673. The summed E-state index contributed by atoms with van der Waals surface area (Å²) >= 11 is 0. The lowest BCUT2D eigenvalue weighted by atomic mass is 10.1. The highest BCUT2D eigenvalue weighted by atomic mass is 16.3. The molecule has 4 aromatic heterocycles. The number of furan rings is 1. The first-order valence-corrected chi connectivity index (χ1v) is 16.5. The zero-order chi connectivity index (χ0) is 32.1. The van der Waals surface area contributed by atoms with E-state index in [-0.39, 0.29) is 0 Å². The lowest BCUT2D eigenvalue weighted by Crippen LogP contribution is -2.04. The Morgan fingerprint density at radius 1 is 0.429 bits per heavy atom. The summed E-state index contributed by atoms with van der Waals surface area (Å²) < 4.78 is 11.4. The van der Waals surface area contributed by atoms with E-state index in [2.05, 4.69) is 143 Å². The van der Waals surface area contributed by atoms with E-state index in [0.29, 0.717) is 5.95 Å². The fraction of sp³-hybridized carbons (Fsp3) is 0. The smallest absolute Gasteiger partial charge is 0.235 e. The quantitative estimate of drug-likeness (QED) is 0.196. The van der Waals surface area contributed by atoms with E-state index in [1.54, 1.807) is 0 Å². The van der Waals surface area contributed by atoms with Gasteiger partial charge in [-0.3, -0.25) is 4.57 Å². The number of benzene rings is 7. The molecule has 0 saturated heterocycles. The highest BCUT2D eigenvalue weighted by Gasteiger charge is 2.25. The van der Waals surface area contributed by atoms with Gasteiger partial charge in [-0.15, -0.1) is 0 Å². The van der Waals surface area contributed by atoms with E-state index in [1.165, 1.54) is 10.8 Å². The molecule has 7 aromatic carbocycles. The van der Waals surface area contributed by atoms with Crippen molar-refractivity contribution in [1.29, 1.82) is 0 Å². The second kappa shape index (κ2) is 9.89. The highest BCUT2D eigenvalue weighted by Crippen LogP contribution is 2.45. The molecule has 0 unspecified atom stereocenters. The first kappa shape index (κ1) is 26.4.